The van der Waals surface area contributed by atoms with Crippen molar-refractivity contribution in [1.82, 2.24) is 9.71 Å². The first-order valence-electron chi connectivity index (χ1n) is 9.55. The quantitative estimate of drug-likeness (QED) is 0.715. The number of fused-ring (bicyclic) bond motifs is 1. The van der Waals surface area contributed by atoms with Crippen LogP contribution in [0.4, 0.5) is 0 Å². The highest BCUT2D eigenvalue weighted by Gasteiger charge is 2.32. The molecule has 1 aliphatic rings. The molecule has 0 aliphatic heterocycles. The summed E-state index contributed by atoms with van der Waals surface area (Å²) in [4.78, 5) is 4.62. The van der Waals surface area contributed by atoms with Gasteiger partial charge in [0.2, 0.25) is 10.0 Å². The van der Waals surface area contributed by atoms with E-state index in [4.69, 9.17) is 0 Å². The summed E-state index contributed by atoms with van der Waals surface area (Å²) in [6.07, 6.45) is 5.41. The molecule has 2 atom stereocenters. The van der Waals surface area contributed by atoms with Crippen LogP contribution in [-0.2, 0) is 22.9 Å². The average Bonchev–Trinajstić information content (AvgIpc) is 2.70. The van der Waals surface area contributed by atoms with Crippen molar-refractivity contribution in [3.05, 3.63) is 89.7 Å². The van der Waals surface area contributed by atoms with Crippen LogP contribution in [0.15, 0.2) is 72.9 Å². The van der Waals surface area contributed by atoms with Gasteiger partial charge in [-0.05, 0) is 47.6 Å². The van der Waals surface area contributed by atoms with E-state index < -0.39 is 10.0 Å². The second kappa shape index (κ2) is 7.86. The Bertz CT molecular complexity index is 1060. The Morgan fingerprint density at radius 1 is 1.00 bits per heavy atom. The Labute approximate surface area is 166 Å². The van der Waals surface area contributed by atoms with E-state index in [0.717, 1.165) is 25.0 Å². The minimum Gasteiger partial charge on any atom is -0.261 e. The molecule has 2 unspecified atom stereocenters. The van der Waals surface area contributed by atoms with Gasteiger partial charge in [0.25, 0.3) is 0 Å². The fourth-order valence-corrected chi connectivity index (χ4v) is 4.95. The average molecular weight is 393 g/mol. The first-order valence-corrected chi connectivity index (χ1v) is 11.4. The minimum absolute atomic E-state index is 0.0192. The van der Waals surface area contributed by atoms with E-state index in [1.807, 2.05) is 24.3 Å². The molecule has 0 radical (unpaired) electrons. The Balaban J connectivity index is 1.67. The number of nitrogens with zero attached hydrogens (tertiary/aromatic N) is 1. The number of pyridine rings is 1. The van der Waals surface area contributed by atoms with Gasteiger partial charge in [-0.2, -0.15) is 0 Å². The number of sulfonamides is 1. The lowest BCUT2D eigenvalue weighted by atomic mass is 9.79. The van der Waals surface area contributed by atoms with Gasteiger partial charge >= 0.3 is 0 Å². The van der Waals surface area contributed by atoms with Crippen molar-refractivity contribution in [1.29, 1.82) is 0 Å². The van der Waals surface area contributed by atoms with Gasteiger partial charge < -0.3 is 0 Å². The van der Waals surface area contributed by atoms with Crippen LogP contribution < -0.4 is 4.72 Å². The van der Waals surface area contributed by atoms with Crippen LogP contribution in [0.5, 0.6) is 0 Å². The number of rotatable bonds is 5. The van der Waals surface area contributed by atoms with Gasteiger partial charge in [0.05, 0.1) is 6.26 Å². The maximum absolute atomic E-state index is 11.9. The first kappa shape index (κ1) is 18.8. The summed E-state index contributed by atoms with van der Waals surface area (Å²) in [6, 6.07) is 22.7. The predicted molar refractivity (Wildman–Crippen MR) is 113 cm³/mol. The Kier molecular flexibility index (Phi) is 5.29. The molecule has 0 fully saturated rings. The molecule has 5 heteroatoms. The molecule has 0 spiro atoms. The summed E-state index contributed by atoms with van der Waals surface area (Å²) in [7, 11) is -3.28. The van der Waals surface area contributed by atoms with Crippen LogP contribution in [0.1, 0.15) is 29.2 Å². The van der Waals surface area contributed by atoms with E-state index in [1.165, 1.54) is 28.5 Å². The molecule has 1 heterocycles. The van der Waals surface area contributed by atoms with Crippen LogP contribution >= 0.6 is 0 Å². The molecule has 0 bridgehead atoms. The summed E-state index contributed by atoms with van der Waals surface area (Å²) in [6.45, 7) is 0. The van der Waals surface area contributed by atoms with Crippen molar-refractivity contribution in [2.45, 2.75) is 31.2 Å². The predicted octanol–water partition coefficient (Wildman–Crippen LogP) is 3.94. The molecule has 4 rings (SSSR count). The molecule has 0 saturated carbocycles. The van der Waals surface area contributed by atoms with E-state index in [9.17, 15) is 8.42 Å². The normalized spacial score (nSPS) is 19.2. The van der Waals surface area contributed by atoms with E-state index in [-0.39, 0.29) is 12.0 Å². The van der Waals surface area contributed by atoms with E-state index >= 15 is 0 Å². The van der Waals surface area contributed by atoms with Gasteiger partial charge in [-0.3, -0.25) is 4.98 Å². The van der Waals surface area contributed by atoms with Crippen molar-refractivity contribution >= 4 is 10.0 Å². The summed E-state index contributed by atoms with van der Waals surface area (Å²) in [5.41, 5.74) is 5.77. The highest BCUT2D eigenvalue weighted by atomic mass is 32.2. The molecule has 3 aromatic rings. The van der Waals surface area contributed by atoms with Crippen molar-refractivity contribution < 1.29 is 8.42 Å². The molecular weight excluding hydrogens is 368 g/mol. The largest absolute Gasteiger partial charge is 0.261 e. The number of hydrogen-bond acceptors (Lipinski definition) is 3. The SMILES string of the molecule is CS(=O)(=O)NC1CCc2cccnc2C1Cc1cccc(-c2ccccc2)c1. The molecule has 1 aliphatic carbocycles. The van der Waals surface area contributed by atoms with E-state index in [2.05, 4.69) is 52.2 Å². The van der Waals surface area contributed by atoms with Crippen LogP contribution in [0.2, 0.25) is 0 Å². The third-order valence-corrected chi connectivity index (χ3v) is 6.07. The molecule has 1 aromatic heterocycles. The summed E-state index contributed by atoms with van der Waals surface area (Å²) in [5.74, 6) is 0.0192. The minimum atomic E-state index is -3.28. The third kappa shape index (κ3) is 4.32. The number of aryl methyl sites for hydroxylation is 1. The lowest BCUT2D eigenvalue weighted by Crippen LogP contribution is -2.42. The van der Waals surface area contributed by atoms with Crippen molar-refractivity contribution in [2.75, 3.05) is 6.26 Å². The Hall–Kier alpha value is -2.50. The summed E-state index contributed by atoms with van der Waals surface area (Å²) < 4.78 is 26.7. The monoisotopic (exact) mass is 392 g/mol. The van der Waals surface area contributed by atoms with Crippen molar-refractivity contribution in [2.24, 2.45) is 0 Å². The lowest BCUT2D eigenvalue weighted by molar-refractivity contribution is 0.422. The van der Waals surface area contributed by atoms with Crippen LogP contribution in [-0.4, -0.2) is 25.7 Å². The second-order valence-corrected chi connectivity index (χ2v) is 9.24. The first-order chi connectivity index (χ1) is 13.5. The molecule has 2 aromatic carbocycles. The number of benzene rings is 2. The fourth-order valence-electron chi connectivity index (χ4n) is 4.12. The van der Waals surface area contributed by atoms with Crippen LogP contribution in [0.25, 0.3) is 11.1 Å². The highest BCUT2D eigenvalue weighted by molar-refractivity contribution is 7.88. The topological polar surface area (TPSA) is 59.1 Å². The van der Waals surface area contributed by atoms with Crippen LogP contribution in [0, 0.1) is 0 Å². The smallest absolute Gasteiger partial charge is 0.208 e. The van der Waals surface area contributed by atoms with Gasteiger partial charge in [0.1, 0.15) is 0 Å². The van der Waals surface area contributed by atoms with Gasteiger partial charge in [0, 0.05) is 23.9 Å². The number of nitrogens with one attached hydrogen (secondary N) is 1. The number of aromatic nitrogens is 1. The lowest BCUT2D eigenvalue weighted by Gasteiger charge is -2.33. The summed E-state index contributed by atoms with van der Waals surface area (Å²) >= 11 is 0. The highest BCUT2D eigenvalue weighted by Crippen LogP contribution is 2.34. The van der Waals surface area contributed by atoms with Gasteiger partial charge in [-0.1, -0.05) is 60.7 Å². The summed E-state index contributed by atoms with van der Waals surface area (Å²) in [5, 5.41) is 0. The van der Waals surface area contributed by atoms with Gasteiger partial charge in [0.15, 0.2) is 0 Å². The zero-order valence-corrected chi connectivity index (χ0v) is 16.7. The van der Waals surface area contributed by atoms with Gasteiger partial charge in [-0.25, -0.2) is 13.1 Å². The molecule has 0 saturated heterocycles. The van der Waals surface area contributed by atoms with E-state index in [0.29, 0.717) is 0 Å². The molecule has 28 heavy (non-hydrogen) atoms. The zero-order chi connectivity index (χ0) is 19.6. The second-order valence-electron chi connectivity index (χ2n) is 7.46. The van der Waals surface area contributed by atoms with Gasteiger partial charge in [-0.15, -0.1) is 0 Å². The molecule has 4 nitrogen and oxygen atoms in total. The maximum Gasteiger partial charge on any atom is 0.208 e. The Morgan fingerprint density at radius 3 is 2.57 bits per heavy atom. The van der Waals surface area contributed by atoms with E-state index in [1.54, 1.807) is 6.20 Å². The fraction of sp³-hybridized carbons (Fsp3) is 0.261. The van der Waals surface area contributed by atoms with Crippen molar-refractivity contribution in [3.63, 3.8) is 0 Å². The maximum atomic E-state index is 11.9. The third-order valence-electron chi connectivity index (χ3n) is 5.34. The molecule has 0 amide bonds. The standard InChI is InChI=1S/C23H24N2O2S/c1-28(26,27)25-22-13-12-19-11-6-14-24-23(19)21(22)16-17-7-5-10-20(15-17)18-8-3-2-4-9-18/h2-11,14-15,21-22,25H,12-13,16H2,1H3. The van der Waals surface area contributed by atoms with Crippen LogP contribution in [0.3, 0.4) is 0 Å². The zero-order valence-electron chi connectivity index (χ0n) is 15.9. The molecule has 1 N–H and O–H groups in total. The number of hydrogen-bond donors (Lipinski definition) is 1. The molecular formula is C23H24N2O2S. The molecule has 144 valence electrons. The Morgan fingerprint density at radius 2 is 1.79 bits per heavy atom. The van der Waals surface area contributed by atoms with Crippen molar-refractivity contribution in [3.8, 4) is 11.1 Å².